The molecule has 1 aliphatic rings. The zero-order chi connectivity index (χ0) is 21.1. The summed E-state index contributed by atoms with van der Waals surface area (Å²) in [7, 11) is -7.86. The topological polar surface area (TPSA) is 130 Å². The summed E-state index contributed by atoms with van der Waals surface area (Å²) >= 11 is 0. The van der Waals surface area contributed by atoms with Crippen LogP contribution in [0.4, 0.5) is 5.69 Å². The second-order valence-corrected chi connectivity index (χ2v) is 9.87. The highest BCUT2D eigenvalue weighted by atomic mass is 32.2. The maximum atomic E-state index is 12.4. The number of piperazine rings is 1. The molecule has 0 atom stereocenters. The average molecular weight is 439 g/mol. The van der Waals surface area contributed by atoms with Crippen molar-refractivity contribution in [1.29, 1.82) is 0 Å². The van der Waals surface area contributed by atoms with Gasteiger partial charge >= 0.3 is 0 Å². The quantitative estimate of drug-likeness (QED) is 0.651. The van der Waals surface area contributed by atoms with Crippen molar-refractivity contribution < 1.29 is 21.6 Å². The van der Waals surface area contributed by atoms with Gasteiger partial charge in [-0.15, -0.1) is 0 Å². The number of hydrogen-bond acceptors (Lipinski definition) is 6. The van der Waals surface area contributed by atoms with Crippen LogP contribution in [0.1, 0.15) is 0 Å². The van der Waals surface area contributed by atoms with E-state index in [0.717, 1.165) is 30.0 Å². The normalized spacial score (nSPS) is 15.3. The standard InChI is InChI=1S/C18H22N4O5S2/c19-28(24,25)16-6-8-17(9-7-16)29(26,27)20-14-18(23)22-12-10-21(11-13-22)15-4-2-1-3-5-15/h1-9,20H,10-14H2,(H2,19,24,25). The molecule has 3 rings (SSSR count). The molecule has 11 heteroatoms. The molecule has 2 aromatic rings. The molecule has 29 heavy (non-hydrogen) atoms. The highest BCUT2D eigenvalue weighted by Gasteiger charge is 2.23. The highest BCUT2D eigenvalue weighted by molar-refractivity contribution is 7.89. The number of primary sulfonamides is 1. The molecule has 2 aromatic carbocycles. The summed E-state index contributed by atoms with van der Waals surface area (Å²) in [4.78, 5) is 15.8. The summed E-state index contributed by atoms with van der Waals surface area (Å²) in [6.45, 7) is 1.96. The van der Waals surface area contributed by atoms with Gasteiger partial charge in [-0.3, -0.25) is 4.79 Å². The van der Waals surface area contributed by atoms with Crippen LogP contribution in [0.2, 0.25) is 0 Å². The van der Waals surface area contributed by atoms with E-state index < -0.39 is 20.0 Å². The Balaban J connectivity index is 1.55. The molecule has 9 nitrogen and oxygen atoms in total. The van der Waals surface area contributed by atoms with Crippen LogP contribution in [-0.2, 0) is 24.8 Å². The van der Waals surface area contributed by atoms with Gasteiger partial charge in [0.15, 0.2) is 0 Å². The maximum Gasteiger partial charge on any atom is 0.241 e. The number of nitrogens with two attached hydrogens (primary N) is 1. The Morgan fingerprint density at radius 3 is 1.97 bits per heavy atom. The fourth-order valence-corrected chi connectivity index (χ4v) is 4.50. The largest absolute Gasteiger partial charge is 0.368 e. The molecule has 1 fully saturated rings. The smallest absolute Gasteiger partial charge is 0.241 e. The third-order valence-electron chi connectivity index (χ3n) is 4.63. The zero-order valence-corrected chi connectivity index (χ0v) is 17.2. The van der Waals surface area contributed by atoms with E-state index in [9.17, 15) is 21.6 Å². The number of carbonyl (C=O) groups excluding carboxylic acids is 1. The van der Waals surface area contributed by atoms with Crippen molar-refractivity contribution in [3.05, 3.63) is 54.6 Å². The number of sulfonamides is 2. The van der Waals surface area contributed by atoms with Gasteiger partial charge in [0, 0.05) is 31.9 Å². The van der Waals surface area contributed by atoms with Gasteiger partial charge in [-0.1, -0.05) is 18.2 Å². The van der Waals surface area contributed by atoms with E-state index in [1.807, 2.05) is 30.3 Å². The molecule has 156 valence electrons. The van der Waals surface area contributed by atoms with Crippen LogP contribution in [0.5, 0.6) is 0 Å². The molecule has 3 N–H and O–H groups in total. The Labute approximate surface area is 170 Å². The number of nitrogens with one attached hydrogen (secondary N) is 1. The van der Waals surface area contributed by atoms with Crippen LogP contribution in [0, 0.1) is 0 Å². The number of carbonyl (C=O) groups is 1. The van der Waals surface area contributed by atoms with Crippen LogP contribution in [0.15, 0.2) is 64.4 Å². The Morgan fingerprint density at radius 1 is 0.862 bits per heavy atom. The Morgan fingerprint density at radius 2 is 1.41 bits per heavy atom. The van der Waals surface area contributed by atoms with E-state index in [4.69, 9.17) is 5.14 Å². The van der Waals surface area contributed by atoms with E-state index in [-0.39, 0.29) is 22.2 Å². The monoisotopic (exact) mass is 438 g/mol. The van der Waals surface area contributed by atoms with Gasteiger partial charge < -0.3 is 9.80 Å². The lowest BCUT2D eigenvalue weighted by atomic mass is 10.2. The summed E-state index contributed by atoms with van der Waals surface area (Å²) in [6.07, 6.45) is 0. The number of benzene rings is 2. The molecule has 0 aromatic heterocycles. The van der Waals surface area contributed by atoms with Crippen molar-refractivity contribution in [2.45, 2.75) is 9.79 Å². The van der Waals surface area contributed by atoms with E-state index in [1.54, 1.807) is 4.90 Å². The molecule has 0 saturated carbocycles. The first-order valence-corrected chi connectivity index (χ1v) is 11.9. The lowest BCUT2D eigenvalue weighted by Crippen LogP contribution is -2.51. The van der Waals surface area contributed by atoms with Crippen molar-refractivity contribution in [3.8, 4) is 0 Å². The van der Waals surface area contributed by atoms with Crippen molar-refractivity contribution >= 4 is 31.6 Å². The number of rotatable bonds is 6. The van der Waals surface area contributed by atoms with Crippen LogP contribution >= 0.6 is 0 Å². The fourth-order valence-electron chi connectivity index (χ4n) is 3.01. The molecule has 0 unspecified atom stereocenters. The van der Waals surface area contributed by atoms with Gasteiger partial charge in [0.25, 0.3) is 0 Å². The number of hydrogen-bond donors (Lipinski definition) is 2. The third kappa shape index (κ3) is 5.32. The average Bonchev–Trinajstić information content (AvgIpc) is 2.72. The molecular formula is C18H22N4O5S2. The van der Waals surface area contributed by atoms with Crippen molar-refractivity contribution in [2.24, 2.45) is 5.14 Å². The van der Waals surface area contributed by atoms with Gasteiger partial charge in [-0.25, -0.2) is 26.7 Å². The third-order valence-corrected chi connectivity index (χ3v) is 6.98. The lowest BCUT2D eigenvalue weighted by molar-refractivity contribution is -0.130. The minimum atomic E-state index is -3.95. The first-order valence-electron chi connectivity index (χ1n) is 8.87. The Hall–Kier alpha value is -2.47. The summed E-state index contributed by atoms with van der Waals surface area (Å²) < 4.78 is 49.5. The molecule has 1 saturated heterocycles. The van der Waals surface area contributed by atoms with E-state index in [2.05, 4.69) is 9.62 Å². The van der Waals surface area contributed by atoms with Gasteiger partial charge in [-0.2, -0.15) is 0 Å². The number of anilines is 1. The predicted molar refractivity (Wildman–Crippen MR) is 108 cm³/mol. The van der Waals surface area contributed by atoms with Gasteiger partial charge in [-0.05, 0) is 36.4 Å². The minimum Gasteiger partial charge on any atom is -0.368 e. The van der Waals surface area contributed by atoms with Crippen molar-refractivity contribution in [1.82, 2.24) is 9.62 Å². The predicted octanol–water partition coefficient (Wildman–Crippen LogP) is -0.0389. The number of amides is 1. The van der Waals surface area contributed by atoms with Gasteiger partial charge in [0.1, 0.15) is 0 Å². The van der Waals surface area contributed by atoms with Gasteiger partial charge in [0.05, 0.1) is 16.3 Å². The Kier molecular flexibility index (Phi) is 6.22. The number of para-hydroxylation sites is 1. The molecule has 1 heterocycles. The minimum absolute atomic E-state index is 0.147. The molecule has 1 aliphatic heterocycles. The summed E-state index contributed by atoms with van der Waals surface area (Å²) in [5.41, 5.74) is 1.09. The van der Waals surface area contributed by atoms with Crippen molar-refractivity contribution in [2.75, 3.05) is 37.6 Å². The zero-order valence-electron chi connectivity index (χ0n) is 15.6. The number of nitrogens with zero attached hydrogens (tertiary/aromatic N) is 2. The molecule has 0 bridgehead atoms. The van der Waals surface area contributed by atoms with Crippen molar-refractivity contribution in [3.63, 3.8) is 0 Å². The SMILES string of the molecule is NS(=O)(=O)c1ccc(S(=O)(=O)NCC(=O)N2CCN(c3ccccc3)CC2)cc1. The van der Waals surface area contributed by atoms with Crippen LogP contribution in [0.3, 0.4) is 0 Å². The van der Waals surface area contributed by atoms with Gasteiger partial charge in [0.2, 0.25) is 26.0 Å². The van der Waals surface area contributed by atoms with E-state index >= 15 is 0 Å². The molecule has 0 aliphatic carbocycles. The second kappa shape index (κ2) is 8.49. The summed E-state index contributed by atoms with van der Waals surface area (Å²) in [5.74, 6) is -0.317. The fraction of sp³-hybridized carbons (Fsp3) is 0.278. The molecule has 1 amide bonds. The first-order chi connectivity index (χ1) is 13.7. The van der Waals surface area contributed by atoms with E-state index in [0.29, 0.717) is 26.2 Å². The maximum absolute atomic E-state index is 12.4. The Bertz CT molecular complexity index is 1060. The molecule has 0 spiro atoms. The van der Waals surface area contributed by atoms with Crippen LogP contribution in [0.25, 0.3) is 0 Å². The highest BCUT2D eigenvalue weighted by Crippen LogP contribution is 2.16. The lowest BCUT2D eigenvalue weighted by Gasteiger charge is -2.36. The van der Waals surface area contributed by atoms with E-state index in [1.165, 1.54) is 0 Å². The van der Waals surface area contributed by atoms with Crippen LogP contribution < -0.4 is 14.8 Å². The molecular weight excluding hydrogens is 416 g/mol. The molecule has 0 radical (unpaired) electrons. The first kappa shape index (κ1) is 21.2. The summed E-state index contributed by atoms with van der Waals surface area (Å²) in [6, 6.07) is 14.3. The summed E-state index contributed by atoms with van der Waals surface area (Å²) in [5, 5.41) is 5.00. The van der Waals surface area contributed by atoms with Crippen LogP contribution in [-0.4, -0.2) is 60.4 Å². The second-order valence-electron chi connectivity index (χ2n) is 6.54.